The van der Waals surface area contributed by atoms with E-state index in [1.54, 1.807) is 0 Å². The smallest absolute Gasteiger partial charge is 0.0482 e. The number of hydrogen-bond acceptors (Lipinski definition) is 0. The first-order chi connectivity index (χ1) is 8.15. The van der Waals surface area contributed by atoms with Gasteiger partial charge < -0.3 is 4.57 Å². The maximum atomic E-state index is 2.34. The largest absolute Gasteiger partial charge is 0.347 e. The molecule has 0 aliphatic carbocycles. The predicted octanol–water partition coefficient (Wildman–Crippen LogP) is 4.25. The molecule has 17 heavy (non-hydrogen) atoms. The molecular formula is C16H21N. The lowest BCUT2D eigenvalue weighted by Crippen LogP contribution is -1.96. The average Bonchev–Trinajstić information content (AvgIpc) is 2.60. The summed E-state index contributed by atoms with van der Waals surface area (Å²) in [6.07, 6.45) is 4.46. The number of benzene rings is 1. The molecule has 0 atom stereocenters. The Balaban J connectivity index is 2.62. The minimum Gasteiger partial charge on any atom is -0.347 e. The van der Waals surface area contributed by atoms with Gasteiger partial charge in [-0.05, 0) is 38.3 Å². The van der Waals surface area contributed by atoms with Gasteiger partial charge in [0.25, 0.3) is 0 Å². The van der Waals surface area contributed by atoms with Crippen molar-refractivity contribution in [2.24, 2.45) is 7.05 Å². The maximum absolute atomic E-state index is 2.34. The Morgan fingerprint density at radius 3 is 2.59 bits per heavy atom. The second-order valence-electron chi connectivity index (χ2n) is 4.84. The normalized spacial score (nSPS) is 10.8. The Morgan fingerprint density at radius 1 is 1.24 bits per heavy atom. The van der Waals surface area contributed by atoms with Crippen LogP contribution in [0.1, 0.15) is 32.0 Å². The molecule has 0 aliphatic heterocycles. The number of allylic oxidation sites excluding steroid dienone is 2. The standard InChI is InChI=1S/C16H21N/c1-5-15-14(11-10-12(2)3)13-8-6-7-9-16(13)17(15)4/h6-10H,5,11H2,1-4H3. The van der Waals surface area contributed by atoms with Gasteiger partial charge in [-0.2, -0.15) is 0 Å². The fourth-order valence-corrected chi connectivity index (χ4v) is 2.51. The van der Waals surface area contributed by atoms with Gasteiger partial charge in [-0.1, -0.05) is 36.8 Å². The highest BCUT2D eigenvalue weighted by Crippen LogP contribution is 2.26. The van der Waals surface area contributed by atoms with Crippen molar-refractivity contribution in [2.45, 2.75) is 33.6 Å². The summed E-state index contributed by atoms with van der Waals surface area (Å²) in [4.78, 5) is 0. The summed E-state index contributed by atoms with van der Waals surface area (Å²) in [6.45, 7) is 6.56. The molecule has 90 valence electrons. The number of hydrogen-bond donors (Lipinski definition) is 0. The molecule has 0 unspecified atom stereocenters. The second kappa shape index (κ2) is 4.79. The van der Waals surface area contributed by atoms with Crippen LogP contribution >= 0.6 is 0 Å². The zero-order valence-corrected chi connectivity index (χ0v) is 11.2. The first-order valence-electron chi connectivity index (χ1n) is 6.33. The molecule has 0 radical (unpaired) electrons. The van der Waals surface area contributed by atoms with Gasteiger partial charge in [0.2, 0.25) is 0 Å². The number of aromatic nitrogens is 1. The van der Waals surface area contributed by atoms with Gasteiger partial charge in [0, 0.05) is 23.6 Å². The summed E-state index contributed by atoms with van der Waals surface area (Å²) in [6, 6.07) is 8.70. The number of para-hydroxylation sites is 1. The van der Waals surface area contributed by atoms with Gasteiger partial charge in [-0.25, -0.2) is 0 Å². The molecule has 1 aromatic heterocycles. The Morgan fingerprint density at radius 2 is 1.94 bits per heavy atom. The van der Waals surface area contributed by atoms with Gasteiger partial charge in [-0.15, -0.1) is 0 Å². The SMILES string of the molecule is CCc1c(CC=C(C)C)c2ccccc2n1C. The molecule has 0 spiro atoms. The number of nitrogens with zero attached hydrogens (tertiary/aromatic N) is 1. The molecule has 2 aromatic rings. The van der Waals surface area contributed by atoms with E-state index in [4.69, 9.17) is 0 Å². The third-order valence-corrected chi connectivity index (χ3v) is 3.39. The van der Waals surface area contributed by atoms with Crippen molar-refractivity contribution in [1.82, 2.24) is 4.57 Å². The molecule has 0 bridgehead atoms. The molecule has 1 aromatic carbocycles. The van der Waals surface area contributed by atoms with Gasteiger partial charge in [-0.3, -0.25) is 0 Å². The molecule has 0 saturated carbocycles. The Bertz CT molecular complexity index is 554. The zero-order valence-electron chi connectivity index (χ0n) is 11.2. The molecule has 0 fully saturated rings. The molecule has 0 amide bonds. The molecule has 1 nitrogen and oxygen atoms in total. The Hall–Kier alpha value is -1.50. The summed E-state index contributed by atoms with van der Waals surface area (Å²) in [5.41, 5.74) is 5.69. The fraction of sp³-hybridized carbons (Fsp3) is 0.375. The van der Waals surface area contributed by atoms with E-state index < -0.39 is 0 Å². The summed E-state index contributed by atoms with van der Waals surface area (Å²) in [7, 11) is 2.17. The lowest BCUT2D eigenvalue weighted by molar-refractivity contribution is 0.851. The van der Waals surface area contributed by atoms with Crippen molar-refractivity contribution in [1.29, 1.82) is 0 Å². The van der Waals surface area contributed by atoms with Gasteiger partial charge in [0.05, 0.1) is 0 Å². The second-order valence-corrected chi connectivity index (χ2v) is 4.84. The minimum absolute atomic E-state index is 1.05. The van der Waals surface area contributed by atoms with Gasteiger partial charge in [0.1, 0.15) is 0 Å². The maximum Gasteiger partial charge on any atom is 0.0482 e. The zero-order chi connectivity index (χ0) is 12.4. The topological polar surface area (TPSA) is 4.93 Å². The number of rotatable bonds is 3. The summed E-state index contributed by atoms with van der Waals surface area (Å²) < 4.78 is 2.34. The molecule has 0 N–H and O–H groups in total. The molecule has 2 rings (SSSR count). The summed E-state index contributed by atoms with van der Waals surface area (Å²) >= 11 is 0. The molecule has 0 aliphatic rings. The van der Waals surface area contributed by atoms with Crippen LogP contribution < -0.4 is 0 Å². The quantitative estimate of drug-likeness (QED) is 0.691. The summed E-state index contributed by atoms with van der Waals surface area (Å²) in [5, 5.41) is 1.41. The van der Waals surface area contributed by atoms with Crippen molar-refractivity contribution in [3.05, 3.63) is 47.2 Å². The van der Waals surface area contributed by atoms with Crippen LogP contribution in [0.2, 0.25) is 0 Å². The van der Waals surface area contributed by atoms with E-state index in [1.807, 2.05) is 0 Å². The summed E-state index contributed by atoms with van der Waals surface area (Å²) in [5.74, 6) is 0. The van der Waals surface area contributed by atoms with E-state index in [0.29, 0.717) is 0 Å². The lowest BCUT2D eigenvalue weighted by atomic mass is 10.0. The highest BCUT2D eigenvalue weighted by atomic mass is 14.9. The van der Waals surface area contributed by atoms with Crippen LogP contribution in [-0.4, -0.2) is 4.57 Å². The average molecular weight is 227 g/mol. The fourth-order valence-electron chi connectivity index (χ4n) is 2.51. The predicted molar refractivity (Wildman–Crippen MR) is 75.4 cm³/mol. The van der Waals surface area contributed by atoms with Crippen molar-refractivity contribution in [2.75, 3.05) is 0 Å². The van der Waals surface area contributed by atoms with Gasteiger partial charge in [0.15, 0.2) is 0 Å². The van der Waals surface area contributed by atoms with E-state index in [2.05, 4.69) is 62.7 Å². The third-order valence-electron chi connectivity index (χ3n) is 3.39. The molecule has 1 heterocycles. The van der Waals surface area contributed by atoms with Crippen molar-refractivity contribution in [3.8, 4) is 0 Å². The van der Waals surface area contributed by atoms with Gasteiger partial charge >= 0.3 is 0 Å². The van der Waals surface area contributed by atoms with Crippen molar-refractivity contribution < 1.29 is 0 Å². The molecular weight excluding hydrogens is 206 g/mol. The van der Waals surface area contributed by atoms with E-state index in [9.17, 15) is 0 Å². The Labute approximate surface area is 104 Å². The number of fused-ring (bicyclic) bond motifs is 1. The van der Waals surface area contributed by atoms with Crippen LogP contribution in [0, 0.1) is 0 Å². The highest BCUT2D eigenvalue weighted by Gasteiger charge is 2.11. The van der Waals surface area contributed by atoms with Crippen LogP contribution in [0.5, 0.6) is 0 Å². The molecule has 0 saturated heterocycles. The van der Waals surface area contributed by atoms with E-state index >= 15 is 0 Å². The lowest BCUT2D eigenvalue weighted by Gasteiger charge is -2.03. The Kier molecular flexibility index (Phi) is 3.37. The van der Waals surface area contributed by atoms with E-state index in [0.717, 1.165) is 12.8 Å². The van der Waals surface area contributed by atoms with E-state index in [1.165, 1.54) is 27.7 Å². The van der Waals surface area contributed by atoms with Crippen LogP contribution in [0.4, 0.5) is 0 Å². The monoisotopic (exact) mass is 227 g/mol. The van der Waals surface area contributed by atoms with Crippen LogP contribution in [0.3, 0.4) is 0 Å². The van der Waals surface area contributed by atoms with Crippen molar-refractivity contribution >= 4 is 10.9 Å². The van der Waals surface area contributed by atoms with Crippen LogP contribution in [-0.2, 0) is 19.9 Å². The highest BCUT2D eigenvalue weighted by molar-refractivity contribution is 5.85. The minimum atomic E-state index is 1.05. The third kappa shape index (κ3) is 2.14. The number of aryl methyl sites for hydroxylation is 1. The molecule has 1 heteroatoms. The van der Waals surface area contributed by atoms with E-state index in [-0.39, 0.29) is 0 Å². The van der Waals surface area contributed by atoms with Crippen LogP contribution in [0.15, 0.2) is 35.9 Å². The first kappa shape index (κ1) is 12.0. The van der Waals surface area contributed by atoms with Crippen LogP contribution in [0.25, 0.3) is 10.9 Å². The first-order valence-corrected chi connectivity index (χ1v) is 6.33. The van der Waals surface area contributed by atoms with Crippen molar-refractivity contribution in [3.63, 3.8) is 0 Å².